The highest BCUT2D eigenvalue weighted by Gasteiger charge is 2.19. The van der Waals surface area contributed by atoms with Crippen molar-refractivity contribution >= 4 is 17.4 Å². The van der Waals surface area contributed by atoms with Crippen LogP contribution >= 0.6 is 0 Å². The quantitative estimate of drug-likeness (QED) is 0.688. The molecular formula is C22H25FN2O4. The average Bonchev–Trinajstić information content (AvgIpc) is 2.74. The van der Waals surface area contributed by atoms with Gasteiger partial charge in [0.2, 0.25) is 0 Å². The zero-order valence-corrected chi connectivity index (χ0v) is 16.4. The van der Waals surface area contributed by atoms with E-state index in [2.05, 4.69) is 10.2 Å². The van der Waals surface area contributed by atoms with Gasteiger partial charge in [-0.15, -0.1) is 0 Å². The number of rotatable bonds is 8. The number of morpholine rings is 1. The van der Waals surface area contributed by atoms with E-state index in [0.29, 0.717) is 30.9 Å². The molecule has 1 aliphatic rings. The van der Waals surface area contributed by atoms with Crippen molar-refractivity contribution in [1.82, 2.24) is 4.90 Å². The van der Waals surface area contributed by atoms with Crippen LogP contribution in [0.2, 0.25) is 0 Å². The molecule has 29 heavy (non-hydrogen) atoms. The maximum Gasteiger partial charge on any atom is 0.255 e. The number of hydrogen-bond acceptors (Lipinski definition) is 5. The number of benzene rings is 2. The lowest BCUT2D eigenvalue weighted by molar-refractivity contribution is 0.0371. The number of hydrogen-bond donors (Lipinski definition) is 1. The van der Waals surface area contributed by atoms with E-state index >= 15 is 0 Å². The first-order valence-corrected chi connectivity index (χ1v) is 9.65. The third kappa shape index (κ3) is 5.62. The van der Waals surface area contributed by atoms with Crippen LogP contribution in [0.5, 0.6) is 5.75 Å². The maximum absolute atomic E-state index is 14.4. The molecule has 1 amide bonds. The molecule has 1 saturated heterocycles. The van der Waals surface area contributed by atoms with E-state index in [-0.39, 0.29) is 23.5 Å². The van der Waals surface area contributed by atoms with Crippen LogP contribution in [-0.2, 0) is 4.74 Å². The summed E-state index contributed by atoms with van der Waals surface area (Å²) in [5.41, 5.74) is 0.499. The average molecular weight is 400 g/mol. The van der Waals surface area contributed by atoms with Crippen molar-refractivity contribution in [2.24, 2.45) is 0 Å². The Labute approximate surface area is 169 Å². The van der Waals surface area contributed by atoms with E-state index < -0.39 is 11.7 Å². The summed E-state index contributed by atoms with van der Waals surface area (Å²) >= 11 is 0. The molecular weight excluding hydrogens is 375 g/mol. The third-order valence-electron chi connectivity index (χ3n) is 4.87. The number of Topliss-reactive ketones (excluding diaryl/α,β-unsaturated/α-hetero) is 1. The first kappa shape index (κ1) is 21.0. The minimum atomic E-state index is -0.631. The predicted octanol–water partition coefficient (Wildman–Crippen LogP) is 3.38. The lowest BCUT2D eigenvalue weighted by atomic mass is 10.0. The van der Waals surface area contributed by atoms with Gasteiger partial charge in [0.25, 0.3) is 5.91 Å². The van der Waals surface area contributed by atoms with Crippen LogP contribution in [-0.4, -0.2) is 56.5 Å². The number of nitrogens with zero attached hydrogens (tertiary/aromatic N) is 1. The fraction of sp³-hybridized carbons (Fsp3) is 0.364. The van der Waals surface area contributed by atoms with E-state index in [4.69, 9.17) is 9.47 Å². The van der Waals surface area contributed by atoms with Crippen LogP contribution in [0.4, 0.5) is 10.1 Å². The molecule has 7 heteroatoms. The first-order valence-electron chi connectivity index (χ1n) is 9.65. The Kier molecular flexibility index (Phi) is 7.32. The minimum Gasteiger partial charge on any atom is -0.497 e. The van der Waals surface area contributed by atoms with Gasteiger partial charge in [-0.3, -0.25) is 14.5 Å². The number of amides is 1. The molecule has 0 aromatic heterocycles. The monoisotopic (exact) mass is 400 g/mol. The van der Waals surface area contributed by atoms with Crippen LogP contribution in [0, 0.1) is 5.82 Å². The molecule has 1 heterocycles. The Bertz CT molecular complexity index is 848. The molecule has 0 spiro atoms. The largest absolute Gasteiger partial charge is 0.497 e. The van der Waals surface area contributed by atoms with Gasteiger partial charge in [-0.25, -0.2) is 4.39 Å². The second-order valence-corrected chi connectivity index (χ2v) is 6.83. The van der Waals surface area contributed by atoms with Crippen LogP contribution in [0.1, 0.15) is 33.6 Å². The van der Waals surface area contributed by atoms with Crippen molar-refractivity contribution in [3.63, 3.8) is 0 Å². The van der Waals surface area contributed by atoms with Crippen molar-refractivity contribution in [2.45, 2.75) is 12.8 Å². The third-order valence-corrected chi connectivity index (χ3v) is 4.87. The van der Waals surface area contributed by atoms with Gasteiger partial charge in [0.1, 0.15) is 11.6 Å². The van der Waals surface area contributed by atoms with Crippen molar-refractivity contribution < 1.29 is 23.5 Å². The first-order chi connectivity index (χ1) is 14.1. The van der Waals surface area contributed by atoms with Gasteiger partial charge in [-0.05, 0) is 49.4 Å². The van der Waals surface area contributed by atoms with Gasteiger partial charge >= 0.3 is 0 Å². The Balaban J connectivity index is 1.65. The molecule has 6 nitrogen and oxygen atoms in total. The standard InChI is InChI=1S/C22H25FN2O4/c1-28-17-9-7-16(8-10-17)22(27)24-19-5-2-4-18(23)21(19)20(26)6-3-11-25-12-14-29-15-13-25/h2,4-5,7-10H,3,6,11-15H2,1H3,(H,24,27). The van der Waals surface area contributed by atoms with Crippen molar-refractivity contribution in [2.75, 3.05) is 45.3 Å². The van der Waals surface area contributed by atoms with Gasteiger partial charge in [0.15, 0.2) is 5.78 Å². The minimum absolute atomic E-state index is 0.0728. The van der Waals surface area contributed by atoms with Gasteiger partial charge in [-0.1, -0.05) is 6.07 Å². The van der Waals surface area contributed by atoms with E-state index in [9.17, 15) is 14.0 Å². The van der Waals surface area contributed by atoms with Gasteiger partial charge < -0.3 is 14.8 Å². The van der Waals surface area contributed by atoms with Gasteiger partial charge in [0.05, 0.1) is 31.6 Å². The summed E-state index contributed by atoms with van der Waals surface area (Å²) in [6.45, 7) is 3.84. The molecule has 0 unspecified atom stereocenters. The van der Waals surface area contributed by atoms with Crippen LogP contribution in [0.3, 0.4) is 0 Å². The number of ketones is 1. The lowest BCUT2D eigenvalue weighted by Gasteiger charge is -2.26. The highest BCUT2D eigenvalue weighted by molar-refractivity contribution is 6.09. The Morgan fingerprint density at radius 2 is 1.86 bits per heavy atom. The molecule has 0 atom stereocenters. The molecule has 1 fully saturated rings. The SMILES string of the molecule is COc1ccc(C(=O)Nc2cccc(F)c2C(=O)CCCN2CCOCC2)cc1. The summed E-state index contributed by atoms with van der Waals surface area (Å²) in [6.07, 6.45) is 0.836. The van der Waals surface area contributed by atoms with Crippen molar-refractivity contribution in [3.8, 4) is 5.75 Å². The number of halogens is 1. The maximum atomic E-state index is 14.4. The van der Waals surface area contributed by atoms with E-state index in [1.165, 1.54) is 12.1 Å². The highest BCUT2D eigenvalue weighted by atomic mass is 19.1. The molecule has 1 aliphatic heterocycles. The molecule has 0 bridgehead atoms. The number of carbonyl (C=O) groups excluding carboxylic acids is 2. The normalized spacial score (nSPS) is 14.4. The number of anilines is 1. The molecule has 2 aromatic rings. The smallest absolute Gasteiger partial charge is 0.255 e. The summed E-state index contributed by atoms with van der Waals surface area (Å²) in [4.78, 5) is 27.4. The molecule has 1 N–H and O–H groups in total. The molecule has 3 rings (SSSR count). The van der Waals surface area contributed by atoms with Crippen molar-refractivity contribution in [1.29, 1.82) is 0 Å². The molecule has 0 aliphatic carbocycles. The zero-order valence-electron chi connectivity index (χ0n) is 16.4. The summed E-state index contributed by atoms with van der Waals surface area (Å²) in [5, 5.41) is 2.66. The van der Waals surface area contributed by atoms with Crippen molar-refractivity contribution in [3.05, 3.63) is 59.4 Å². The van der Waals surface area contributed by atoms with Crippen LogP contribution in [0.15, 0.2) is 42.5 Å². The second-order valence-electron chi connectivity index (χ2n) is 6.83. The summed E-state index contributed by atoms with van der Waals surface area (Å²) in [5.74, 6) is -0.737. The van der Waals surface area contributed by atoms with Gasteiger partial charge in [-0.2, -0.15) is 0 Å². The van der Waals surface area contributed by atoms with E-state index in [1.54, 1.807) is 37.4 Å². The number of carbonyl (C=O) groups is 2. The summed E-state index contributed by atoms with van der Waals surface area (Å²) in [6, 6.07) is 10.8. The fourth-order valence-corrected chi connectivity index (χ4v) is 3.26. The lowest BCUT2D eigenvalue weighted by Crippen LogP contribution is -2.37. The Morgan fingerprint density at radius 1 is 1.14 bits per heavy atom. The number of ether oxygens (including phenoxy) is 2. The topological polar surface area (TPSA) is 67.9 Å². The van der Waals surface area contributed by atoms with Gasteiger partial charge in [0, 0.05) is 25.1 Å². The summed E-state index contributed by atoms with van der Waals surface area (Å²) in [7, 11) is 1.54. The van der Waals surface area contributed by atoms with Crippen LogP contribution in [0.25, 0.3) is 0 Å². The number of methoxy groups -OCH3 is 1. The fourth-order valence-electron chi connectivity index (χ4n) is 3.26. The molecule has 154 valence electrons. The summed E-state index contributed by atoms with van der Waals surface area (Å²) < 4.78 is 24.8. The van der Waals surface area contributed by atoms with E-state index in [1.807, 2.05) is 0 Å². The highest BCUT2D eigenvalue weighted by Crippen LogP contribution is 2.23. The molecule has 2 aromatic carbocycles. The Morgan fingerprint density at radius 3 is 2.55 bits per heavy atom. The zero-order chi connectivity index (χ0) is 20.6. The number of nitrogens with one attached hydrogen (secondary N) is 1. The van der Waals surface area contributed by atoms with Crippen LogP contribution < -0.4 is 10.1 Å². The molecule has 0 radical (unpaired) electrons. The second kappa shape index (κ2) is 10.1. The predicted molar refractivity (Wildman–Crippen MR) is 108 cm³/mol. The Hall–Kier alpha value is -2.77. The van der Waals surface area contributed by atoms with E-state index in [0.717, 1.165) is 19.6 Å². The molecule has 0 saturated carbocycles.